The van der Waals surface area contributed by atoms with Crippen LogP contribution in [0.4, 0.5) is 23.3 Å². The van der Waals surface area contributed by atoms with Gasteiger partial charge in [-0.25, -0.2) is 4.98 Å². The van der Waals surface area contributed by atoms with Crippen LogP contribution in [-0.4, -0.2) is 57.2 Å². The number of aromatic amines is 1. The minimum atomic E-state index is 0.0913. The summed E-state index contributed by atoms with van der Waals surface area (Å²) in [6.07, 6.45) is 5.34. The molecule has 1 fully saturated rings. The number of H-pyrrole nitrogens is 1. The van der Waals surface area contributed by atoms with Crippen LogP contribution in [0.5, 0.6) is 0 Å². The Balaban J connectivity index is 1.23. The molecule has 1 saturated carbocycles. The SMILES string of the molecule is CCN(CC)CCNC(=O)CCc1ccc(Nc2nccc(Nc3cc(C4CC4)n[nH]3)n2)cc1. The molecule has 0 radical (unpaired) electrons. The quantitative estimate of drug-likeness (QED) is 0.304. The number of aryl methyl sites for hydroxylation is 1. The van der Waals surface area contributed by atoms with Crippen molar-refractivity contribution < 1.29 is 4.79 Å². The van der Waals surface area contributed by atoms with Crippen LogP contribution in [0.25, 0.3) is 0 Å². The summed E-state index contributed by atoms with van der Waals surface area (Å²) in [7, 11) is 0. The molecule has 1 aromatic carbocycles. The predicted octanol–water partition coefficient (Wildman–Crippen LogP) is 3.95. The van der Waals surface area contributed by atoms with E-state index in [-0.39, 0.29) is 5.91 Å². The zero-order valence-corrected chi connectivity index (χ0v) is 20.0. The molecule has 0 aliphatic heterocycles. The summed E-state index contributed by atoms with van der Waals surface area (Å²) in [4.78, 5) is 23.2. The fraction of sp³-hybridized carbons (Fsp3) is 0.440. The van der Waals surface area contributed by atoms with Crippen molar-refractivity contribution in [1.29, 1.82) is 0 Å². The number of benzene rings is 1. The van der Waals surface area contributed by atoms with Crippen LogP contribution >= 0.6 is 0 Å². The first-order valence-electron chi connectivity index (χ1n) is 12.1. The molecule has 0 saturated heterocycles. The van der Waals surface area contributed by atoms with Gasteiger partial charge in [-0.2, -0.15) is 10.1 Å². The van der Waals surface area contributed by atoms with Crippen LogP contribution in [0.2, 0.25) is 0 Å². The van der Waals surface area contributed by atoms with E-state index in [0.29, 0.717) is 37.1 Å². The third-order valence-corrected chi connectivity index (χ3v) is 6.01. The Morgan fingerprint density at radius 2 is 1.91 bits per heavy atom. The van der Waals surface area contributed by atoms with Crippen LogP contribution in [-0.2, 0) is 11.2 Å². The van der Waals surface area contributed by atoms with E-state index in [1.54, 1.807) is 6.20 Å². The number of nitrogens with one attached hydrogen (secondary N) is 4. The molecular formula is C25H34N8O. The maximum atomic E-state index is 12.1. The monoisotopic (exact) mass is 462 g/mol. The van der Waals surface area contributed by atoms with E-state index >= 15 is 0 Å². The highest BCUT2D eigenvalue weighted by Gasteiger charge is 2.26. The summed E-state index contributed by atoms with van der Waals surface area (Å²) >= 11 is 0. The molecule has 0 unspecified atom stereocenters. The third-order valence-electron chi connectivity index (χ3n) is 6.01. The number of carbonyl (C=O) groups is 1. The van der Waals surface area contributed by atoms with Gasteiger partial charge in [0.15, 0.2) is 0 Å². The fourth-order valence-electron chi connectivity index (χ4n) is 3.74. The first-order chi connectivity index (χ1) is 16.6. The molecule has 0 atom stereocenters. The van der Waals surface area contributed by atoms with Gasteiger partial charge in [0.2, 0.25) is 11.9 Å². The molecular weight excluding hydrogens is 428 g/mol. The second kappa shape index (κ2) is 11.6. The van der Waals surface area contributed by atoms with E-state index < -0.39 is 0 Å². The molecule has 0 bridgehead atoms. The van der Waals surface area contributed by atoms with Crippen molar-refractivity contribution in [3.05, 3.63) is 53.9 Å². The Labute approximate surface area is 200 Å². The van der Waals surface area contributed by atoms with E-state index in [1.165, 1.54) is 12.8 Å². The Bertz CT molecular complexity index is 1060. The van der Waals surface area contributed by atoms with Crippen molar-refractivity contribution in [2.75, 3.05) is 36.8 Å². The molecule has 3 aromatic rings. The second-order valence-corrected chi connectivity index (χ2v) is 8.57. The van der Waals surface area contributed by atoms with E-state index in [0.717, 1.165) is 42.4 Å². The Kier molecular flexibility index (Phi) is 8.08. The molecule has 4 N–H and O–H groups in total. The summed E-state index contributed by atoms with van der Waals surface area (Å²) in [5.74, 6) is 2.71. The number of likely N-dealkylation sites (N-methyl/N-ethyl adjacent to an activating group) is 1. The minimum Gasteiger partial charge on any atom is -0.355 e. The number of hydrogen-bond donors (Lipinski definition) is 4. The summed E-state index contributed by atoms with van der Waals surface area (Å²) in [5.41, 5.74) is 3.11. The Morgan fingerprint density at radius 3 is 2.65 bits per heavy atom. The van der Waals surface area contributed by atoms with Crippen LogP contribution in [0.1, 0.15) is 50.3 Å². The third kappa shape index (κ3) is 7.02. The van der Waals surface area contributed by atoms with Gasteiger partial charge in [0.05, 0.1) is 5.69 Å². The highest BCUT2D eigenvalue weighted by atomic mass is 16.1. The molecule has 0 spiro atoms. The van der Waals surface area contributed by atoms with Gasteiger partial charge >= 0.3 is 0 Å². The van der Waals surface area contributed by atoms with Gasteiger partial charge in [0.25, 0.3) is 0 Å². The van der Waals surface area contributed by atoms with Gasteiger partial charge in [0, 0.05) is 43.4 Å². The molecule has 4 rings (SSSR count). The zero-order valence-electron chi connectivity index (χ0n) is 20.0. The molecule has 1 aliphatic rings. The lowest BCUT2D eigenvalue weighted by Gasteiger charge is -2.17. The Morgan fingerprint density at radius 1 is 1.12 bits per heavy atom. The average molecular weight is 463 g/mol. The van der Waals surface area contributed by atoms with Crippen molar-refractivity contribution in [1.82, 2.24) is 30.4 Å². The van der Waals surface area contributed by atoms with Crippen molar-refractivity contribution in [3.63, 3.8) is 0 Å². The number of aromatic nitrogens is 4. The highest BCUT2D eigenvalue weighted by Crippen LogP contribution is 2.39. The maximum Gasteiger partial charge on any atom is 0.229 e. The second-order valence-electron chi connectivity index (χ2n) is 8.57. The average Bonchev–Trinajstić information content (AvgIpc) is 3.60. The molecule has 34 heavy (non-hydrogen) atoms. The summed E-state index contributed by atoms with van der Waals surface area (Å²) in [6, 6.07) is 11.9. The lowest BCUT2D eigenvalue weighted by Crippen LogP contribution is -2.34. The lowest BCUT2D eigenvalue weighted by atomic mass is 10.1. The number of amides is 1. The summed E-state index contributed by atoms with van der Waals surface area (Å²) in [6.45, 7) is 7.86. The lowest BCUT2D eigenvalue weighted by molar-refractivity contribution is -0.121. The Hall–Kier alpha value is -3.46. The number of anilines is 4. The maximum absolute atomic E-state index is 12.1. The fourth-order valence-corrected chi connectivity index (χ4v) is 3.74. The van der Waals surface area contributed by atoms with E-state index in [1.807, 2.05) is 36.4 Å². The molecule has 2 heterocycles. The zero-order chi connectivity index (χ0) is 23.8. The number of rotatable bonds is 13. The van der Waals surface area contributed by atoms with E-state index in [4.69, 9.17) is 0 Å². The van der Waals surface area contributed by atoms with E-state index in [2.05, 4.69) is 54.9 Å². The summed E-state index contributed by atoms with van der Waals surface area (Å²) < 4.78 is 0. The number of nitrogens with zero attached hydrogens (tertiary/aromatic N) is 4. The molecule has 1 aliphatic carbocycles. The largest absolute Gasteiger partial charge is 0.355 e. The first kappa shape index (κ1) is 23.7. The summed E-state index contributed by atoms with van der Waals surface area (Å²) in [5, 5.41) is 16.9. The van der Waals surface area contributed by atoms with Gasteiger partial charge in [-0.3, -0.25) is 9.89 Å². The molecule has 180 valence electrons. The van der Waals surface area contributed by atoms with Gasteiger partial charge < -0.3 is 20.9 Å². The topological polar surface area (TPSA) is 111 Å². The van der Waals surface area contributed by atoms with Gasteiger partial charge in [-0.15, -0.1) is 0 Å². The van der Waals surface area contributed by atoms with Crippen LogP contribution in [0, 0.1) is 0 Å². The highest BCUT2D eigenvalue weighted by molar-refractivity contribution is 5.76. The number of hydrogen-bond acceptors (Lipinski definition) is 7. The van der Waals surface area contributed by atoms with Crippen molar-refractivity contribution >= 4 is 29.2 Å². The van der Waals surface area contributed by atoms with Crippen LogP contribution < -0.4 is 16.0 Å². The molecule has 9 heteroatoms. The predicted molar refractivity (Wildman–Crippen MR) is 135 cm³/mol. The van der Waals surface area contributed by atoms with Gasteiger partial charge in [-0.1, -0.05) is 26.0 Å². The molecule has 2 aromatic heterocycles. The standard InChI is InChI=1S/C25H34N8O/c1-3-33(4-2)16-15-26-24(34)12-7-18-5-10-20(11-6-18)28-25-27-14-13-22(30-25)29-23-17-21(31-32-23)19-8-9-19/h5-6,10-11,13-14,17,19H,3-4,7-9,12,15-16H2,1-2H3,(H,26,34)(H3,27,28,29,30,31,32). The van der Waals surface area contributed by atoms with Crippen LogP contribution in [0.3, 0.4) is 0 Å². The minimum absolute atomic E-state index is 0.0913. The molecule has 1 amide bonds. The van der Waals surface area contributed by atoms with Crippen molar-refractivity contribution in [3.8, 4) is 0 Å². The van der Waals surface area contributed by atoms with Gasteiger partial charge in [0.1, 0.15) is 11.6 Å². The van der Waals surface area contributed by atoms with Crippen molar-refractivity contribution in [2.45, 2.75) is 45.4 Å². The van der Waals surface area contributed by atoms with E-state index in [9.17, 15) is 4.79 Å². The molecule has 9 nitrogen and oxygen atoms in total. The van der Waals surface area contributed by atoms with Crippen molar-refractivity contribution in [2.24, 2.45) is 0 Å². The first-order valence-corrected chi connectivity index (χ1v) is 12.1. The van der Waals surface area contributed by atoms with Gasteiger partial charge in [-0.05, 0) is 56.1 Å². The van der Waals surface area contributed by atoms with Crippen LogP contribution in [0.15, 0.2) is 42.6 Å². The number of carbonyl (C=O) groups excluding carboxylic acids is 1. The normalized spacial score (nSPS) is 13.1. The smallest absolute Gasteiger partial charge is 0.229 e.